The number of urea groups is 1. The van der Waals surface area contributed by atoms with Gasteiger partial charge in [0, 0.05) is 6.54 Å². The summed E-state index contributed by atoms with van der Waals surface area (Å²) in [5.41, 5.74) is 7.09. The van der Waals surface area contributed by atoms with Crippen LogP contribution in [0.3, 0.4) is 0 Å². The van der Waals surface area contributed by atoms with Gasteiger partial charge in [-0.05, 0) is 18.0 Å². The minimum Gasteiger partial charge on any atom is -0.309 e. The van der Waals surface area contributed by atoms with Gasteiger partial charge >= 0.3 is 6.03 Å². The van der Waals surface area contributed by atoms with E-state index in [9.17, 15) is 9.59 Å². The molecule has 0 radical (unpaired) electrons. The number of carbonyl (C=O) groups is 2. The van der Waals surface area contributed by atoms with Crippen molar-refractivity contribution in [2.24, 2.45) is 11.7 Å². The molecule has 1 aliphatic rings. The number of nitrogens with zero attached hydrogens (tertiary/aromatic N) is 1. The predicted octanol–water partition coefficient (Wildman–Crippen LogP) is 0.637. The Hall–Kier alpha value is -1.92. The second-order valence-electron chi connectivity index (χ2n) is 5.68. The molecule has 3 amide bonds. The third-order valence-electron chi connectivity index (χ3n) is 3.42. The van der Waals surface area contributed by atoms with E-state index < -0.39 is 18.2 Å². The van der Waals surface area contributed by atoms with Crippen molar-refractivity contribution < 1.29 is 9.59 Å². The molecular formula is C15H22N4O2. The fourth-order valence-corrected chi connectivity index (χ4v) is 2.26. The summed E-state index contributed by atoms with van der Waals surface area (Å²) in [4.78, 5) is 25.4. The van der Waals surface area contributed by atoms with Crippen LogP contribution in [0.2, 0.25) is 0 Å². The Kier molecular flexibility index (Phi) is 4.93. The molecule has 4 N–H and O–H groups in total. The molecule has 0 spiro atoms. The molecule has 0 aromatic heterocycles. The van der Waals surface area contributed by atoms with E-state index >= 15 is 0 Å². The average Bonchev–Trinajstić information content (AvgIpc) is 2.44. The van der Waals surface area contributed by atoms with E-state index in [-0.39, 0.29) is 5.91 Å². The van der Waals surface area contributed by atoms with Gasteiger partial charge in [0.2, 0.25) is 5.91 Å². The molecule has 0 bridgehead atoms. The van der Waals surface area contributed by atoms with Crippen molar-refractivity contribution >= 4 is 11.9 Å². The Morgan fingerprint density at radius 3 is 2.57 bits per heavy atom. The second kappa shape index (κ2) is 6.69. The molecule has 1 aliphatic heterocycles. The number of imide groups is 1. The number of rotatable bonds is 5. The van der Waals surface area contributed by atoms with Gasteiger partial charge in [0.25, 0.3) is 0 Å². The molecule has 1 fully saturated rings. The van der Waals surface area contributed by atoms with Crippen LogP contribution in [0.5, 0.6) is 0 Å². The summed E-state index contributed by atoms with van der Waals surface area (Å²) in [5.74, 6) is 0.0302. The number of hydrogen-bond donors (Lipinski definition) is 3. The van der Waals surface area contributed by atoms with E-state index in [2.05, 4.69) is 10.6 Å². The van der Waals surface area contributed by atoms with E-state index in [1.807, 2.05) is 44.2 Å². The van der Waals surface area contributed by atoms with Gasteiger partial charge in [-0.25, -0.2) is 4.79 Å². The summed E-state index contributed by atoms with van der Waals surface area (Å²) in [6.45, 7) is 5.14. The minimum absolute atomic E-state index is 0.363. The average molecular weight is 290 g/mol. The Morgan fingerprint density at radius 2 is 1.95 bits per heavy atom. The quantitative estimate of drug-likeness (QED) is 0.742. The van der Waals surface area contributed by atoms with Crippen molar-refractivity contribution in [1.82, 2.24) is 15.5 Å². The molecule has 1 heterocycles. The molecule has 2 atom stereocenters. The van der Waals surface area contributed by atoms with Crippen LogP contribution in [0.4, 0.5) is 4.79 Å². The lowest BCUT2D eigenvalue weighted by Crippen LogP contribution is -2.69. The third-order valence-corrected chi connectivity index (χ3v) is 3.42. The first-order chi connectivity index (χ1) is 9.99. The lowest BCUT2D eigenvalue weighted by Gasteiger charge is -2.38. The lowest BCUT2D eigenvalue weighted by molar-refractivity contribution is -0.125. The first-order valence-corrected chi connectivity index (χ1v) is 7.13. The molecule has 1 aromatic carbocycles. The highest BCUT2D eigenvalue weighted by atomic mass is 16.2. The number of carbonyl (C=O) groups excluding carboxylic acids is 2. The molecule has 6 heteroatoms. The van der Waals surface area contributed by atoms with Crippen molar-refractivity contribution in [2.45, 2.75) is 32.6 Å². The lowest BCUT2D eigenvalue weighted by atomic mass is 10.1. The largest absolute Gasteiger partial charge is 0.325 e. The Bertz CT molecular complexity index is 504. The van der Waals surface area contributed by atoms with Gasteiger partial charge in [-0.3, -0.25) is 10.1 Å². The van der Waals surface area contributed by atoms with E-state index in [0.29, 0.717) is 19.0 Å². The number of amides is 3. The van der Waals surface area contributed by atoms with Crippen molar-refractivity contribution in [3.05, 3.63) is 35.9 Å². The summed E-state index contributed by atoms with van der Waals surface area (Å²) in [6.07, 6.45) is -0.676. The van der Waals surface area contributed by atoms with Crippen molar-refractivity contribution in [3.8, 4) is 0 Å². The first kappa shape index (κ1) is 15.5. The fourth-order valence-electron chi connectivity index (χ4n) is 2.26. The highest BCUT2D eigenvalue weighted by Gasteiger charge is 2.38. The minimum atomic E-state index is -0.676. The standard InChI is InChI=1S/C15H22N4O2/c1-10(2)8-17-12-13(16)19(15(21)18-14(12)20)9-11-6-4-3-5-7-11/h3-7,10,12-13,17H,8-9,16H2,1-2H3,(H,18,20,21). The second-order valence-corrected chi connectivity index (χ2v) is 5.68. The van der Waals surface area contributed by atoms with Crippen LogP contribution in [0.25, 0.3) is 0 Å². The molecule has 0 aliphatic carbocycles. The van der Waals surface area contributed by atoms with E-state index in [1.54, 1.807) is 0 Å². The van der Waals surface area contributed by atoms with E-state index in [0.717, 1.165) is 5.56 Å². The number of nitrogens with two attached hydrogens (primary N) is 1. The van der Waals surface area contributed by atoms with Gasteiger partial charge in [0.05, 0.1) is 0 Å². The molecule has 2 unspecified atom stereocenters. The fraction of sp³-hybridized carbons (Fsp3) is 0.467. The number of benzene rings is 1. The van der Waals surface area contributed by atoms with Gasteiger partial charge in [0.15, 0.2) is 0 Å². The maximum Gasteiger partial charge on any atom is 0.325 e. The predicted molar refractivity (Wildman–Crippen MR) is 80.1 cm³/mol. The smallest absolute Gasteiger partial charge is 0.309 e. The zero-order valence-corrected chi connectivity index (χ0v) is 12.4. The summed E-state index contributed by atoms with van der Waals surface area (Å²) in [6, 6.07) is 8.54. The van der Waals surface area contributed by atoms with Crippen molar-refractivity contribution in [3.63, 3.8) is 0 Å². The van der Waals surface area contributed by atoms with Crippen LogP contribution in [0.1, 0.15) is 19.4 Å². The molecule has 6 nitrogen and oxygen atoms in total. The van der Waals surface area contributed by atoms with Gasteiger partial charge in [-0.2, -0.15) is 0 Å². The molecule has 2 rings (SSSR count). The molecule has 21 heavy (non-hydrogen) atoms. The van der Waals surface area contributed by atoms with Gasteiger partial charge in [0.1, 0.15) is 12.2 Å². The zero-order valence-electron chi connectivity index (χ0n) is 12.4. The van der Waals surface area contributed by atoms with Gasteiger partial charge in [-0.15, -0.1) is 0 Å². The van der Waals surface area contributed by atoms with Crippen LogP contribution >= 0.6 is 0 Å². The van der Waals surface area contributed by atoms with E-state index in [1.165, 1.54) is 4.90 Å². The van der Waals surface area contributed by atoms with E-state index in [4.69, 9.17) is 5.73 Å². The number of nitrogens with one attached hydrogen (secondary N) is 2. The highest BCUT2D eigenvalue weighted by Crippen LogP contribution is 2.12. The first-order valence-electron chi connectivity index (χ1n) is 7.13. The molecule has 114 valence electrons. The van der Waals surface area contributed by atoms with Crippen molar-refractivity contribution in [1.29, 1.82) is 0 Å². The topological polar surface area (TPSA) is 87.5 Å². The van der Waals surface area contributed by atoms with Crippen LogP contribution in [0.15, 0.2) is 30.3 Å². The third kappa shape index (κ3) is 3.80. The van der Waals surface area contributed by atoms with Crippen LogP contribution in [0, 0.1) is 5.92 Å². The molecule has 1 saturated heterocycles. The van der Waals surface area contributed by atoms with Crippen LogP contribution in [-0.4, -0.2) is 35.6 Å². The van der Waals surface area contributed by atoms with Crippen LogP contribution in [-0.2, 0) is 11.3 Å². The summed E-state index contributed by atoms with van der Waals surface area (Å²) in [7, 11) is 0. The maximum absolute atomic E-state index is 12.0. The normalized spacial score (nSPS) is 22.6. The van der Waals surface area contributed by atoms with Crippen molar-refractivity contribution in [2.75, 3.05) is 6.54 Å². The van der Waals surface area contributed by atoms with Gasteiger partial charge < -0.3 is 16.0 Å². The highest BCUT2D eigenvalue weighted by molar-refractivity contribution is 6.00. The summed E-state index contributed by atoms with van der Waals surface area (Å²) in [5, 5.41) is 5.49. The summed E-state index contributed by atoms with van der Waals surface area (Å²) < 4.78 is 0. The summed E-state index contributed by atoms with van der Waals surface area (Å²) >= 11 is 0. The number of hydrogen-bond acceptors (Lipinski definition) is 4. The van der Waals surface area contributed by atoms with Crippen LogP contribution < -0.4 is 16.4 Å². The molecule has 0 saturated carbocycles. The Morgan fingerprint density at radius 1 is 1.29 bits per heavy atom. The molecular weight excluding hydrogens is 268 g/mol. The van der Waals surface area contributed by atoms with Gasteiger partial charge in [-0.1, -0.05) is 44.2 Å². The monoisotopic (exact) mass is 290 g/mol. The Balaban J connectivity index is 2.09. The SMILES string of the molecule is CC(C)CNC1C(=O)NC(=O)N(Cc2ccccc2)C1N. The Labute approximate surface area is 124 Å². The maximum atomic E-state index is 12.0. The zero-order chi connectivity index (χ0) is 15.4. The molecule has 1 aromatic rings.